The number of halogens is 2. The summed E-state index contributed by atoms with van der Waals surface area (Å²) in [4.78, 5) is 3.94. The lowest BCUT2D eigenvalue weighted by molar-refractivity contribution is 0.207. The number of benzene rings is 1. The van der Waals surface area contributed by atoms with E-state index in [0.29, 0.717) is 12.3 Å². The number of ether oxygens (including phenoxy) is 2. The molecule has 1 aromatic carbocycles. The quantitative estimate of drug-likeness (QED) is 0.729. The first-order chi connectivity index (χ1) is 11.9. The van der Waals surface area contributed by atoms with E-state index >= 15 is 0 Å². The van der Waals surface area contributed by atoms with E-state index in [2.05, 4.69) is 20.9 Å². The SMILES string of the molecule is COc1ccc(F)cc1S(=O)(=O)N1CCC(Oc2ccc(Br)cn2)C1. The molecule has 0 spiro atoms. The second-order valence-corrected chi connectivity index (χ2v) is 8.32. The Balaban J connectivity index is 1.76. The summed E-state index contributed by atoms with van der Waals surface area (Å²) >= 11 is 3.29. The van der Waals surface area contributed by atoms with Crippen LogP contribution in [0.1, 0.15) is 6.42 Å². The first-order valence-electron chi connectivity index (χ1n) is 7.52. The van der Waals surface area contributed by atoms with Gasteiger partial charge >= 0.3 is 0 Å². The number of hydrogen-bond donors (Lipinski definition) is 0. The minimum absolute atomic E-state index is 0.111. The molecule has 1 fully saturated rings. The average Bonchev–Trinajstić information content (AvgIpc) is 3.06. The van der Waals surface area contributed by atoms with Crippen molar-refractivity contribution in [2.45, 2.75) is 17.4 Å². The molecule has 0 N–H and O–H groups in total. The molecule has 1 saturated heterocycles. The second kappa shape index (κ2) is 7.27. The Labute approximate surface area is 153 Å². The largest absolute Gasteiger partial charge is 0.495 e. The molecule has 2 heterocycles. The van der Waals surface area contributed by atoms with Gasteiger partial charge in [-0.15, -0.1) is 0 Å². The van der Waals surface area contributed by atoms with E-state index in [0.717, 1.165) is 16.6 Å². The van der Waals surface area contributed by atoms with Gasteiger partial charge in [-0.05, 0) is 46.6 Å². The molecule has 3 rings (SSSR count). The molecular weight excluding hydrogens is 415 g/mol. The van der Waals surface area contributed by atoms with Crippen LogP contribution in [0.2, 0.25) is 0 Å². The van der Waals surface area contributed by atoms with E-state index in [-0.39, 0.29) is 29.8 Å². The summed E-state index contributed by atoms with van der Waals surface area (Å²) in [5.74, 6) is -0.0958. The molecular formula is C16H16BrFN2O4S. The van der Waals surface area contributed by atoms with Crippen molar-refractivity contribution in [3.63, 3.8) is 0 Å². The zero-order valence-electron chi connectivity index (χ0n) is 13.4. The first kappa shape index (κ1) is 18.1. The Bertz CT molecular complexity index is 861. The summed E-state index contributed by atoms with van der Waals surface area (Å²) < 4.78 is 52.0. The minimum Gasteiger partial charge on any atom is -0.495 e. The van der Waals surface area contributed by atoms with E-state index < -0.39 is 15.8 Å². The predicted octanol–water partition coefficient (Wildman–Crippen LogP) is 2.83. The molecule has 0 radical (unpaired) electrons. The zero-order chi connectivity index (χ0) is 18.0. The molecule has 0 aliphatic carbocycles. The Morgan fingerprint density at radius 1 is 1.32 bits per heavy atom. The Kier molecular flexibility index (Phi) is 5.26. The van der Waals surface area contributed by atoms with Crippen molar-refractivity contribution in [1.29, 1.82) is 0 Å². The maximum absolute atomic E-state index is 13.5. The molecule has 1 aromatic heterocycles. The van der Waals surface area contributed by atoms with Gasteiger partial charge in [-0.2, -0.15) is 4.31 Å². The van der Waals surface area contributed by atoms with E-state index in [9.17, 15) is 12.8 Å². The van der Waals surface area contributed by atoms with Crippen LogP contribution in [0.3, 0.4) is 0 Å². The smallest absolute Gasteiger partial charge is 0.246 e. The molecule has 0 amide bonds. The van der Waals surface area contributed by atoms with Gasteiger partial charge in [0.05, 0.1) is 13.7 Å². The van der Waals surface area contributed by atoms with Gasteiger partial charge in [-0.3, -0.25) is 0 Å². The van der Waals surface area contributed by atoms with Crippen LogP contribution in [0.5, 0.6) is 11.6 Å². The van der Waals surface area contributed by atoms with Crippen molar-refractivity contribution in [2.24, 2.45) is 0 Å². The third kappa shape index (κ3) is 3.94. The van der Waals surface area contributed by atoms with Crippen LogP contribution in [0.15, 0.2) is 45.9 Å². The summed E-state index contributed by atoms with van der Waals surface area (Å²) in [6, 6.07) is 6.93. The number of sulfonamides is 1. The minimum atomic E-state index is -3.88. The molecule has 1 unspecified atom stereocenters. The molecule has 1 aliphatic rings. The molecule has 0 saturated carbocycles. The highest BCUT2D eigenvalue weighted by atomic mass is 79.9. The average molecular weight is 431 g/mol. The number of methoxy groups -OCH3 is 1. The third-order valence-electron chi connectivity index (χ3n) is 3.84. The maximum Gasteiger partial charge on any atom is 0.246 e. The molecule has 0 bridgehead atoms. The summed E-state index contributed by atoms with van der Waals surface area (Å²) in [7, 11) is -2.53. The number of aromatic nitrogens is 1. The standard InChI is InChI=1S/C16H16BrFN2O4S/c1-23-14-4-3-12(18)8-15(14)25(21,22)20-7-6-13(10-20)24-16-5-2-11(17)9-19-16/h2-5,8-9,13H,6-7,10H2,1H3. The highest BCUT2D eigenvalue weighted by molar-refractivity contribution is 9.10. The van der Waals surface area contributed by atoms with E-state index in [4.69, 9.17) is 9.47 Å². The van der Waals surface area contributed by atoms with Crippen molar-refractivity contribution >= 4 is 26.0 Å². The zero-order valence-corrected chi connectivity index (χ0v) is 15.8. The topological polar surface area (TPSA) is 68.7 Å². The number of nitrogens with zero attached hydrogens (tertiary/aromatic N) is 2. The fourth-order valence-electron chi connectivity index (χ4n) is 2.61. The Morgan fingerprint density at radius 3 is 2.80 bits per heavy atom. The third-order valence-corrected chi connectivity index (χ3v) is 6.19. The summed E-state index contributed by atoms with van der Waals surface area (Å²) in [6.07, 6.45) is 1.81. The van der Waals surface area contributed by atoms with Crippen LogP contribution in [-0.4, -0.2) is 44.0 Å². The van der Waals surface area contributed by atoms with E-state index in [1.807, 2.05) is 0 Å². The van der Waals surface area contributed by atoms with Gasteiger partial charge in [0.25, 0.3) is 0 Å². The van der Waals surface area contributed by atoms with Crippen LogP contribution in [0.4, 0.5) is 4.39 Å². The van der Waals surface area contributed by atoms with Crippen molar-refractivity contribution in [1.82, 2.24) is 9.29 Å². The monoisotopic (exact) mass is 430 g/mol. The lowest BCUT2D eigenvalue weighted by Gasteiger charge is -2.18. The summed E-state index contributed by atoms with van der Waals surface area (Å²) in [6.45, 7) is 0.447. The van der Waals surface area contributed by atoms with Crippen molar-refractivity contribution in [3.8, 4) is 11.6 Å². The Morgan fingerprint density at radius 2 is 2.12 bits per heavy atom. The van der Waals surface area contributed by atoms with Crippen LogP contribution in [0, 0.1) is 5.82 Å². The molecule has 25 heavy (non-hydrogen) atoms. The van der Waals surface area contributed by atoms with Crippen molar-refractivity contribution in [2.75, 3.05) is 20.2 Å². The summed E-state index contributed by atoms with van der Waals surface area (Å²) in [5.41, 5.74) is 0. The van der Waals surface area contributed by atoms with Gasteiger partial charge < -0.3 is 9.47 Å². The second-order valence-electron chi connectivity index (χ2n) is 5.50. The molecule has 1 aliphatic heterocycles. The lowest BCUT2D eigenvalue weighted by atomic mass is 10.3. The van der Waals surface area contributed by atoms with Gasteiger partial charge in [-0.1, -0.05) is 0 Å². The fraction of sp³-hybridized carbons (Fsp3) is 0.312. The van der Waals surface area contributed by atoms with Crippen molar-refractivity contribution in [3.05, 3.63) is 46.8 Å². The van der Waals surface area contributed by atoms with Gasteiger partial charge in [0.15, 0.2) is 0 Å². The number of hydrogen-bond acceptors (Lipinski definition) is 5. The van der Waals surface area contributed by atoms with Crippen LogP contribution >= 0.6 is 15.9 Å². The fourth-order valence-corrected chi connectivity index (χ4v) is 4.49. The van der Waals surface area contributed by atoms with Gasteiger partial charge in [-0.25, -0.2) is 17.8 Å². The maximum atomic E-state index is 13.5. The van der Waals surface area contributed by atoms with Gasteiger partial charge in [0.1, 0.15) is 22.6 Å². The van der Waals surface area contributed by atoms with Crippen LogP contribution in [-0.2, 0) is 10.0 Å². The highest BCUT2D eigenvalue weighted by Crippen LogP contribution is 2.30. The predicted molar refractivity (Wildman–Crippen MR) is 92.7 cm³/mol. The van der Waals surface area contributed by atoms with E-state index in [1.54, 1.807) is 18.3 Å². The van der Waals surface area contributed by atoms with Crippen molar-refractivity contribution < 1.29 is 22.3 Å². The number of pyridine rings is 1. The van der Waals surface area contributed by atoms with Crippen LogP contribution in [0.25, 0.3) is 0 Å². The normalized spacial score (nSPS) is 18.3. The first-order valence-corrected chi connectivity index (χ1v) is 9.75. The molecule has 2 aromatic rings. The molecule has 134 valence electrons. The van der Waals surface area contributed by atoms with Gasteiger partial charge in [0, 0.05) is 23.3 Å². The Hall–Kier alpha value is -1.71. The highest BCUT2D eigenvalue weighted by Gasteiger charge is 2.35. The summed E-state index contributed by atoms with van der Waals surface area (Å²) in [5, 5.41) is 0. The van der Waals surface area contributed by atoms with Gasteiger partial charge in [0.2, 0.25) is 15.9 Å². The van der Waals surface area contributed by atoms with E-state index in [1.165, 1.54) is 17.5 Å². The lowest BCUT2D eigenvalue weighted by Crippen LogP contribution is -2.31. The van der Waals surface area contributed by atoms with Crippen LogP contribution < -0.4 is 9.47 Å². The molecule has 6 nitrogen and oxygen atoms in total. The number of rotatable bonds is 5. The molecule has 1 atom stereocenters. The molecule has 9 heteroatoms.